The number of rotatable bonds is 5. The summed E-state index contributed by atoms with van der Waals surface area (Å²) >= 11 is 1.58. The number of aromatic nitrogens is 1. The molecule has 6 heteroatoms. The average Bonchev–Trinajstić information content (AvgIpc) is 3.09. The average molecular weight is 353 g/mol. The number of nitrogens with one attached hydrogen (secondary N) is 1. The van der Waals surface area contributed by atoms with Crippen molar-refractivity contribution in [2.75, 3.05) is 13.6 Å². The Labute approximate surface area is 150 Å². The highest BCUT2D eigenvalue weighted by molar-refractivity contribution is 7.18. The lowest BCUT2D eigenvalue weighted by atomic mass is 10.2. The van der Waals surface area contributed by atoms with Crippen molar-refractivity contribution in [3.05, 3.63) is 65.2 Å². The van der Waals surface area contributed by atoms with Gasteiger partial charge in [-0.25, -0.2) is 4.98 Å². The number of amides is 2. The van der Waals surface area contributed by atoms with Crippen LogP contribution in [0.4, 0.5) is 0 Å². The SMILES string of the molecule is CC(c1nc2ccccc2s1)N(C)C(=O)CNC(=O)c1ccccc1. The smallest absolute Gasteiger partial charge is 0.251 e. The molecule has 3 aromatic rings. The normalized spacial score (nSPS) is 11.9. The van der Waals surface area contributed by atoms with E-state index in [2.05, 4.69) is 10.3 Å². The highest BCUT2D eigenvalue weighted by Crippen LogP contribution is 2.28. The van der Waals surface area contributed by atoms with Crippen LogP contribution in [0.1, 0.15) is 28.3 Å². The Kier molecular flexibility index (Phi) is 5.09. The van der Waals surface area contributed by atoms with Crippen LogP contribution < -0.4 is 5.32 Å². The van der Waals surface area contributed by atoms with E-state index >= 15 is 0 Å². The van der Waals surface area contributed by atoms with Crippen molar-refractivity contribution >= 4 is 33.4 Å². The van der Waals surface area contributed by atoms with Crippen molar-refractivity contribution in [1.82, 2.24) is 15.2 Å². The number of hydrogen-bond acceptors (Lipinski definition) is 4. The Morgan fingerprint density at radius 1 is 1.12 bits per heavy atom. The van der Waals surface area contributed by atoms with Gasteiger partial charge in [0, 0.05) is 12.6 Å². The fourth-order valence-corrected chi connectivity index (χ4v) is 3.49. The summed E-state index contributed by atoms with van der Waals surface area (Å²) in [6.07, 6.45) is 0. The molecule has 0 aliphatic heterocycles. The molecule has 0 fully saturated rings. The van der Waals surface area contributed by atoms with E-state index in [0.29, 0.717) is 5.56 Å². The van der Waals surface area contributed by atoms with E-state index in [9.17, 15) is 9.59 Å². The fraction of sp³-hybridized carbons (Fsp3) is 0.211. The second-order valence-corrected chi connectivity index (χ2v) is 6.81. The number of carbonyl (C=O) groups is 2. The van der Waals surface area contributed by atoms with Crippen LogP contribution in [0.3, 0.4) is 0 Å². The van der Waals surface area contributed by atoms with E-state index in [1.165, 1.54) is 0 Å². The monoisotopic (exact) mass is 353 g/mol. The van der Waals surface area contributed by atoms with E-state index in [0.717, 1.165) is 15.2 Å². The number of thiazole rings is 1. The zero-order valence-corrected chi connectivity index (χ0v) is 14.9. The van der Waals surface area contributed by atoms with E-state index in [1.807, 2.05) is 37.3 Å². The Bertz CT molecular complexity index is 859. The van der Waals surface area contributed by atoms with Gasteiger partial charge < -0.3 is 10.2 Å². The molecule has 1 heterocycles. The molecule has 1 aromatic heterocycles. The fourth-order valence-electron chi connectivity index (χ4n) is 2.42. The molecule has 2 aromatic carbocycles. The summed E-state index contributed by atoms with van der Waals surface area (Å²) < 4.78 is 1.10. The van der Waals surface area contributed by atoms with Crippen LogP contribution in [0.15, 0.2) is 54.6 Å². The number of fused-ring (bicyclic) bond motifs is 1. The van der Waals surface area contributed by atoms with Crippen molar-refractivity contribution in [3.8, 4) is 0 Å². The van der Waals surface area contributed by atoms with Crippen molar-refractivity contribution in [2.45, 2.75) is 13.0 Å². The van der Waals surface area contributed by atoms with Gasteiger partial charge in [0.05, 0.1) is 22.8 Å². The molecule has 0 spiro atoms. The van der Waals surface area contributed by atoms with Crippen LogP contribution >= 0.6 is 11.3 Å². The first-order valence-corrected chi connectivity index (χ1v) is 8.82. The van der Waals surface area contributed by atoms with Crippen LogP contribution in [0, 0.1) is 0 Å². The van der Waals surface area contributed by atoms with Gasteiger partial charge in [0.15, 0.2) is 0 Å². The predicted molar refractivity (Wildman–Crippen MR) is 99.6 cm³/mol. The lowest BCUT2D eigenvalue weighted by Gasteiger charge is -2.23. The molecule has 5 nitrogen and oxygen atoms in total. The first-order chi connectivity index (χ1) is 12.1. The van der Waals surface area contributed by atoms with Crippen LogP contribution in [0.25, 0.3) is 10.2 Å². The van der Waals surface area contributed by atoms with Gasteiger partial charge in [-0.1, -0.05) is 30.3 Å². The van der Waals surface area contributed by atoms with Gasteiger partial charge in [0.2, 0.25) is 5.91 Å². The number of hydrogen-bond donors (Lipinski definition) is 1. The van der Waals surface area contributed by atoms with Crippen LogP contribution in [-0.2, 0) is 4.79 Å². The molecular weight excluding hydrogens is 334 g/mol. The molecule has 0 radical (unpaired) electrons. The van der Waals surface area contributed by atoms with E-state index in [1.54, 1.807) is 47.5 Å². The number of carbonyl (C=O) groups excluding carboxylic acids is 2. The zero-order valence-electron chi connectivity index (χ0n) is 14.1. The zero-order chi connectivity index (χ0) is 17.8. The lowest BCUT2D eigenvalue weighted by molar-refractivity contribution is -0.130. The summed E-state index contributed by atoms with van der Waals surface area (Å²) in [5.41, 5.74) is 1.48. The molecule has 3 rings (SSSR count). The molecule has 0 aliphatic rings. The van der Waals surface area contributed by atoms with Crippen LogP contribution in [0.2, 0.25) is 0 Å². The maximum absolute atomic E-state index is 12.4. The maximum atomic E-state index is 12.4. The summed E-state index contributed by atoms with van der Waals surface area (Å²) in [6, 6.07) is 16.6. The summed E-state index contributed by atoms with van der Waals surface area (Å²) in [7, 11) is 1.73. The van der Waals surface area contributed by atoms with Crippen molar-refractivity contribution < 1.29 is 9.59 Å². The molecule has 2 amide bonds. The van der Waals surface area contributed by atoms with Gasteiger partial charge in [-0.3, -0.25) is 9.59 Å². The molecule has 0 saturated heterocycles. The quantitative estimate of drug-likeness (QED) is 0.766. The van der Waals surface area contributed by atoms with Gasteiger partial charge in [0.1, 0.15) is 5.01 Å². The Morgan fingerprint density at radius 2 is 1.80 bits per heavy atom. The van der Waals surface area contributed by atoms with Crippen molar-refractivity contribution in [3.63, 3.8) is 0 Å². The van der Waals surface area contributed by atoms with Crippen molar-refractivity contribution in [1.29, 1.82) is 0 Å². The minimum Gasteiger partial charge on any atom is -0.343 e. The summed E-state index contributed by atoms with van der Waals surface area (Å²) in [6.45, 7) is 1.90. The minimum atomic E-state index is -0.255. The highest BCUT2D eigenvalue weighted by Gasteiger charge is 2.21. The molecule has 1 atom stereocenters. The largest absolute Gasteiger partial charge is 0.343 e. The first-order valence-electron chi connectivity index (χ1n) is 8.00. The molecule has 25 heavy (non-hydrogen) atoms. The van der Waals surface area contributed by atoms with Gasteiger partial charge in [-0.05, 0) is 31.2 Å². The third-order valence-electron chi connectivity index (χ3n) is 4.08. The van der Waals surface area contributed by atoms with Gasteiger partial charge in [-0.2, -0.15) is 0 Å². The maximum Gasteiger partial charge on any atom is 0.251 e. The summed E-state index contributed by atoms with van der Waals surface area (Å²) in [5, 5.41) is 3.55. The molecule has 0 saturated carbocycles. The Morgan fingerprint density at radius 3 is 2.52 bits per heavy atom. The number of benzene rings is 2. The molecule has 128 valence electrons. The molecule has 1 N–H and O–H groups in total. The molecule has 0 bridgehead atoms. The molecule has 0 aliphatic carbocycles. The summed E-state index contributed by atoms with van der Waals surface area (Å²) in [5.74, 6) is -0.411. The van der Waals surface area contributed by atoms with Crippen molar-refractivity contribution in [2.24, 2.45) is 0 Å². The predicted octanol–water partition coefficient (Wildman–Crippen LogP) is 3.25. The van der Waals surface area contributed by atoms with E-state index < -0.39 is 0 Å². The third kappa shape index (κ3) is 3.85. The second kappa shape index (κ2) is 7.44. The summed E-state index contributed by atoms with van der Waals surface area (Å²) in [4.78, 5) is 30.6. The first kappa shape index (κ1) is 17.1. The Hall–Kier alpha value is -2.73. The lowest BCUT2D eigenvalue weighted by Crippen LogP contribution is -2.39. The second-order valence-electron chi connectivity index (χ2n) is 5.75. The Balaban J connectivity index is 1.62. The number of para-hydroxylation sites is 1. The van der Waals surface area contributed by atoms with E-state index in [4.69, 9.17) is 0 Å². The van der Waals surface area contributed by atoms with E-state index in [-0.39, 0.29) is 24.4 Å². The molecular formula is C19H19N3O2S. The van der Waals surface area contributed by atoms with Crippen LogP contribution in [0.5, 0.6) is 0 Å². The third-order valence-corrected chi connectivity index (χ3v) is 5.28. The topological polar surface area (TPSA) is 62.3 Å². The minimum absolute atomic E-state index is 0.0422. The highest BCUT2D eigenvalue weighted by atomic mass is 32.1. The van der Waals surface area contributed by atoms with Gasteiger partial charge >= 0.3 is 0 Å². The standard InChI is InChI=1S/C19H19N3O2S/c1-13(19-21-15-10-6-7-11-16(15)25-19)22(2)17(23)12-20-18(24)14-8-4-3-5-9-14/h3-11,13H,12H2,1-2H3,(H,20,24). The number of likely N-dealkylation sites (N-methyl/N-ethyl adjacent to an activating group) is 1. The van der Waals surface area contributed by atoms with Gasteiger partial charge in [-0.15, -0.1) is 11.3 Å². The van der Waals surface area contributed by atoms with Gasteiger partial charge in [0.25, 0.3) is 5.91 Å². The van der Waals surface area contributed by atoms with Crippen LogP contribution in [-0.4, -0.2) is 35.3 Å². The number of nitrogens with zero attached hydrogens (tertiary/aromatic N) is 2. The molecule has 1 unspecified atom stereocenters.